The first-order valence-corrected chi connectivity index (χ1v) is 6.86. The van der Waals surface area contributed by atoms with Gasteiger partial charge in [-0.25, -0.2) is 4.98 Å². The van der Waals surface area contributed by atoms with Crippen molar-refractivity contribution in [2.24, 2.45) is 5.92 Å². The maximum Gasteiger partial charge on any atom is 0.318 e. The molecule has 0 saturated carbocycles. The van der Waals surface area contributed by atoms with Gasteiger partial charge >= 0.3 is 6.01 Å². The van der Waals surface area contributed by atoms with Gasteiger partial charge in [0.15, 0.2) is 5.82 Å². The van der Waals surface area contributed by atoms with Crippen molar-refractivity contribution in [3.63, 3.8) is 0 Å². The van der Waals surface area contributed by atoms with Gasteiger partial charge in [-0.15, -0.1) is 0 Å². The van der Waals surface area contributed by atoms with Crippen LogP contribution >= 0.6 is 27.5 Å². The van der Waals surface area contributed by atoms with Gasteiger partial charge in [-0.05, 0) is 12.3 Å². The van der Waals surface area contributed by atoms with Crippen LogP contribution in [0.25, 0.3) is 0 Å². The van der Waals surface area contributed by atoms with Gasteiger partial charge < -0.3 is 9.64 Å². The number of rotatable bonds is 2. The van der Waals surface area contributed by atoms with Gasteiger partial charge in [-0.1, -0.05) is 34.5 Å². The molecule has 1 aliphatic rings. The van der Waals surface area contributed by atoms with E-state index in [0.717, 1.165) is 25.3 Å². The van der Waals surface area contributed by atoms with E-state index in [0.29, 0.717) is 21.8 Å². The van der Waals surface area contributed by atoms with E-state index in [1.165, 1.54) is 0 Å². The molecular formula is C11H15BrClN3O. The summed E-state index contributed by atoms with van der Waals surface area (Å²) in [6, 6.07) is 0.356. The highest BCUT2D eigenvalue weighted by molar-refractivity contribution is 9.09. The Kier molecular flexibility index (Phi) is 4.09. The Balaban J connectivity index is 2.21. The largest absolute Gasteiger partial charge is 0.467 e. The maximum absolute atomic E-state index is 6.13. The summed E-state index contributed by atoms with van der Waals surface area (Å²) in [7, 11) is 1.55. The number of aromatic nitrogens is 2. The molecular weight excluding hydrogens is 305 g/mol. The van der Waals surface area contributed by atoms with Gasteiger partial charge in [0.1, 0.15) is 5.02 Å². The minimum Gasteiger partial charge on any atom is -0.467 e. The lowest BCUT2D eigenvalue weighted by Gasteiger charge is -2.35. The Morgan fingerprint density at radius 2 is 2.35 bits per heavy atom. The van der Waals surface area contributed by atoms with Crippen LogP contribution in [0, 0.1) is 5.92 Å². The van der Waals surface area contributed by atoms with Crippen molar-refractivity contribution in [3.05, 3.63) is 11.2 Å². The Morgan fingerprint density at radius 1 is 1.59 bits per heavy atom. The lowest BCUT2D eigenvalue weighted by atomic mass is 9.99. The number of piperidine rings is 1. The molecule has 1 aliphatic heterocycles. The Morgan fingerprint density at radius 3 is 3.00 bits per heavy atom. The van der Waals surface area contributed by atoms with E-state index in [1.807, 2.05) is 0 Å². The number of halogens is 2. The van der Waals surface area contributed by atoms with Crippen LogP contribution in [-0.2, 0) is 0 Å². The second kappa shape index (κ2) is 5.40. The second-order valence-corrected chi connectivity index (χ2v) is 5.84. The van der Waals surface area contributed by atoms with Crippen molar-refractivity contribution in [1.29, 1.82) is 0 Å². The average molecular weight is 321 g/mol. The average Bonchev–Trinajstić information content (AvgIpc) is 2.33. The quantitative estimate of drug-likeness (QED) is 0.785. The van der Waals surface area contributed by atoms with Gasteiger partial charge in [0.25, 0.3) is 0 Å². The number of hydrogen-bond acceptors (Lipinski definition) is 4. The summed E-state index contributed by atoms with van der Waals surface area (Å²) >= 11 is 9.83. The monoisotopic (exact) mass is 319 g/mol. The molecule has 1 saturated heterocycles. The molecule has 2 unspecified atom stereocenters. The summed E-state index contributed by atoms with van der Waals surface area (Å²) in [4.78, 5) is 10.9. The van der Waals surface area contributed by atoms with E-state index in [1.54, 1.807) is 13.3 Å². The normalized spacial score (nSPS) is 24.8. The number of ether oxygens (including phenoxy) is 1. The van der Waals surface area contributed by atoms with Gasteiger partial charge in [0.05, 0.1) is 13.3 Å². The summed E-state index contributed by atoms with van der Waals surface area (Å²) in [5.74, 6) is 1.43. The van der Waals surface area contributed by atoms with E-state index in [4.69, 9.17) is 16.3 Å². The van der Waals surface area contributed by atoms with Crippen molar-refractivity contribution >= 4 is 33.3 Å². The third-order valence-electron chi connectivity index (χ3n) is 3.05. The molecule has 0 aliphatic carbocycles. The van der Waals surface area contributed by atoms with Crippen LogP contribution in [0.15, 0.2) is 6.20 Å². The molecule has 1 aromatic heterocycles. The number of methoxy groups -OCH3 is 1. The highest BCUT2D eigenvalue weighted by Gasteiger charge is 2.26. The summed E-state index contributed by atoms with van der Waals surface area (Å²) in [6.45, 7) is 4.11. The van der Waals surface area contributed by atoms with Crippen molar-refractivity contribution < 1.29 is 4.74 Å². The lowest BCUT2D eigenvalue weighted by molar-refractivity contribution is 0.378. The first-order valence-electron chi connectivity index (χ1n) is 5.57. The summed E-state index contributed by atoms with van der Waals surface area (Å²) in [6.07, 6.45) is 2.71. The minimum absolute atomic E-state index is 0.356. The first kappa shape index (κ1) is 12.9. The molecule has 0 amide bonds. The predicted octanol–water partition coefficient (Wildman–Crippen LogP) is 2.75. The number of alkyl halides is 1. The lowest BCUT2D eigenvalue weighted by Crippen LogP contribution is -2.40. The molecule has 2 atom stereocenters. The fourth-order valence-electron chi connectivity index (χ4n) is 1.88. The molecule has 2 heterocycles. The zero-order chi connectivity index (χ0) is 12.4. The third-order valence-corrected chi connectivity index (χ3v) is 4.51. The molecule has 2 rings (SSSR count). The molecule has 1 fully saturated rings. The van der Waals surface area contributed by atoms with Gasteiger partial charge in [0.2, 0.25) is 0 Å². The highest BCUT2D eigenvalue weighted by Crippen LogP contribution is 2.30. The maximum atomic E-state index is 6.13. The highest BCUT2D eigenvalue weighted by atomic mass is 79.9. The van der Waals surface area contributed by atoms with Crippen LogP contribution in [0.5, 0.6) is 6.01 Å². The SMILES string of the molecule is COc1ncc(Cl)c(N2CCC(C)C(Br)C2)n1. The fraction of sp³-hybridized carbons (Fsp3) is 0.636. The molecule has 17 heavy (non-hydrogen) atoms. The van der Waals surface area contributed by atoms with Crippen molar-refractivity contribution in [1.82, 2.24) is 9.97 Å². The second-order valence-electron chi connectivity index (χ2n) is 4.26. The number of hydrogen-bond donors (Lipinski definition) is 0. The van der Waals surface area contributed by atoms with Gasteiger partial charge in [0, 0.05) is 17.9 Å². The smallest absolute Gasteiger partial charge is 0.318 e. The molecule has 0 N–H and O–H groups in total. The molecule has 94 valence electrons. The standard InChI is InChI=1S/C11H15BrClN3O/c1-7-3-4-16(6-8(7)12)10-9(13)5-14-11(15-10)17-2/h5,7-8H,3-4,6H2,1-2H3. The summed E-state index contributed by atoms with van der Waals surface area (Å²) in [5, 5.41) is 0.569. The van der Waals surface area contributed by atoms with Crippen molar-refractivity contribution in [2.75, 3.05) is 25.1 Å². The molecule has 6 heteroatoms. The van der Waals surface area contributed by atoms with E-state index in [-0.39, 0.29) is 0 Å². The van der Waals surface area contributed by atoms with E-state index >= 15 is 0 Å². The van der Waals surface area contributed by atoms with E-state index in [2.05, 4.69) is 37.7 Å². The van der Waals surface area contributed by atoms with Gasteiger partial charge in [-0.3, -0.25) is 0 Å². The Hall–Kier alpha value is -0.550. The van der Waals surface area contributed by atoms with Crippen LogP contribution in [0.1, 0.15) is 13.3 Å². The Labute approximate surface area is 114 Å². The molecule has 0 bridgehead atoms. The third kappa shape index (κ3) is 2.83. The van der Waals surface area contributed by atoms with E-state index < -0.39 is 0 Å². The molecule has 1 aromatic rings. The van der Waals surface area contributed by atoms with Crippen molar-refractivity contribution in [2.45, 2.75) is 18.2 Å². The minimum atomic E-state index is 0.356. The first-order chi connectivity index (χ1) is 8.11. The van der Waals surface area contributed by atoms with Crippen LogP contribution < -0.4 is 9.64 Å². The van der Waals surface area contributed by atoms with Crippen LogP contribution in [-0.4, -0.2) is 35.0 Å². The van der Waals surface area contributed by atoms with E-state index in [9.17, 15) is 0 Å². The zero-order valence-electron chi connectivity index (χ0n) is 9.86. The van der Waals surface area contributed by atoms with Crippen molar-refractivity contribution in [3.8, 4) is 6.01 Å². The number of nitrogens with zero attached hydrogens (tertiary/aromatic N) is 3. The van der Waals surface area contributed by atoms with Crippen LogP contribution in [0.3, 0.4) is 0 Å². The zero-order valence-corrected chi connectivity index (χ0v) is 12.2. The fourth-order valence-corrected chi connectivity index (χ4v) is 2.70. The van der Waals surface area contributed by atoms with Crippen LogP contribution in [0.2, 0.25) is 5.02 Å². The van der Waals surface area contributed by atoms with Crippen LogP contribution in [0.4, 0.5) is 5.82 Å². The van der Waals surface area contributed by atoms with Gasteiger partial charge in [-0.2, -0.15) is 4.98 Å². The number of anilines is 1. The molecule has 0 aromatic carbocycles. The summed E-state index contributed by atoms with van der Waals surface area (Å²) in [5.41, 5.74) is 0. The topological polar surface area (TPSA) is 38.2 Å². The molecule has 0 spiro atoms. The molecule has 4 nitrogen and oxygen atoms in total. The summed E-state index contributed by atoms with van der Waals surface area (Å²) < 4.78 is 5.03. The molecule has 0 radical (unpaired) electrons. The Bertz CT molecular complexity index is 404. The predicted molar refractivity (Wildman–Crippen MR) is 72.3 cm³/mol.